The van der Waals surface area contributed by atoms with Crippen LogP contribution >= 0.6 is 0 Å². The minimum Gasteiger partial charge on any atom is -0.480 e. The lowest BCUT2D eigenvalue weighted by Gasteiger charge is -2.33. The van der Waals surface area contributed by atoms with E-state index >= 15 is 0 Å². The fourth-order valence-electron chi connectivity index (χ4n) is 2.82. The smallest absolute Gasteiger partial charge is 0.321 e. The molecule has 1 unspecified atom stereocenters. The molecule has 0 saturated carbocycles. The monoisotopic (exact) mass is 304 g/mol. The fourth-order valence-corrected chi connectivity index (χ4v) is 2.82. The highest BCUT2D eigenvalue weighted by atomic mass is 19.1. The van der Waals surface area contributed by atoms with Crippen molar-refractivity contribution in [3.05, 3.63) is 52.5 Å². The Morgan fingerprint density at radius 2 is 2.27 bits per heavy atom. The first-order valence-electron chi connectivity index (χ1n) is 7.11. The van der Waals surface area contributed by atoms with Crippen LogP contribution in [-0.4, -0.2) is 27.0 Å². The zero-order valence-corrected chi connectivity index (χ0v) is 12.5. The van der Waals surface area contributed by atoms with Gasteiger partial charge in [0.2, 0.25) is 5.89 Å². The van der Waals surface area contributed by atoms with Crippen LogP contribution in [0.3, 0.4) is 0 Å². The van der Waals surface area contributed by atoms with Crippen molar-refractivity contribution < 1.29 is 18.7 Å². The number of aliphatic carboxylic acids is 1. The highest BCUT2D eigenvalue weighted by molar-refractivity contribution is 5.74. The molecule has 1 N–H and O–H groups in total. The van der Waals surface area contributed by atoms with E-state index in [4.69, 9.17) is 4.42 Å². The molecule has 3 rings (SSSR count). The van der Waals surface area contributed by atoms with E-state index in [1.165, 1.54) is 6.07 Å². The van der Waals surface area contributed by atoms with Gasteiger partial charge in [-0.15, -0.1) is 0 Å². The van der Waals surface area contributed by atoms with Crippen LogP contribution in [0.4, 0.5) is 4.39 Å². The molecule has 0 amide bonds. The van der Waals surface area contributed by atoms with Gasteiger partial charge in [0.1, 0.15) is 17.6 Å². The lowest BCUT2D eigenvalue weighted by Crippen LogP contribution is -2.45. The molecule has 1 aliphatic heterocycles. The predicted molar refractivity (Wildman–Crippen MR) is 76.8 cm³/mol. The van der Waals surface area contributed by atoms with Crippen molar-refractivity contribution in [3.63, 3.8) is 0 Å². The van der Waals surface area contributed by atoms with E-state index in [9.17, 15) is 14.3 Å². The summed E-state index contributed by atoms with van der Waals surface area (Å²) in [6, 6.07) is 4.06. The Bertz CT molecular complexity index is 707. The molecule has 1 aliphatic rings. The van der Waals surface area contributed by atoms with Gasteiger partial charge >= 0.3 is 5.97 Å². The summed E-state index contributed by atoms with van der Waals surface area (Å²) in [4.78, 5) is 17.6. The molecular formula is C16H17FN2O3. The number of aromatic nitrogens is 1. The molecule has 0 fully saturated rings. The van der Waals surface area contributed by atoms with Crippen molar-refractivity contribution in [2.24, 2.45) is 0 Å². The van der Waals surface area contributed by atoms with Gasteiger partial charge in [-0.3, -0.25) is 9.69 Å². The van der Waals surface area contributed by atoms with Crippen LogP contribution in [0.2, 0.25) is 0 Å². The highest BCUT2D eigenvalue weighted by Crippen LogP contribution is 2.27. The van der Waals surface area contributed by atoms with E-state index in [2.05, 4.69) is 4.98 Å². The minimum absolute atomic E-state index is 0.149. The number of aryl methyl sites for hydroxylation is 2. The Hall–Kier alpha value is -2.21. The Balaban J connectivity index is 1.90. The van der Waals surface area contributed by atoms with E-state index in [1.54, 1.807) is 11.0 Å². The lowest BCUT2D eigenvalue weighted by atomic mass is 9.93. The van der Waals surface area contributed by atoms with E-state index < -0.39 is 12.0 Å². The third-order valence-corrected chi connectivity index (χ3v) is 4.12. The maximum atomic E-state index is 13.9. The van der Waals surface area contributed by atoms with E-state index in [0.29, 0.717) is 24.5 Å². The molecular weight excluding hydrogens is 287 g/mol. The molecule has 0 radical (unpaired) electrons. The molecule has 1 aromatic heterocycles. The average molecular weight is 304 g/mol. The molecule has 0 aliphatic carbocycles. The summed E-state index contributed by atoms with van der Waals surface area (Å²) in [6.45, 7) is 4.32. The summed E-state index contributed by atoms with van der Waals surface area (Å²) in [5.74, 6) is -0.0912. The fraction of sp³-hybridized carbons (Fsp3) is 0.375. The number of hydrogen-bond donors (Lipinski definition) is 1. The van der Waals surface area contributed by atoms with Gasteiger partial charge in [0, 0.05) is 13.0 Å². The second-order valence-electron chi connectivity index (χ2n) is 5.59. The second kappa shape index (κ2) is 5.53. The second-order valence-corrected chi connectivity index (χ2v) is 5.59. The van der Waals surface area contributed by atoms with Gasteiger partial charge in [-0.2, -0.15) is 0 Å². The van der Waals surface area contributed by atoms with E-state index in [0.717, 1.165) is 17.0 Å². The van der Waals surface area contributed by atoms with E-state index in [-0.39, 0.29) is 12.2 Å². The number of oxazole rings is 1. The number of carbonyl (C=O) groups is 1. The SMILES string of the molecule is Cc1nc(CN2Cc3cccc(F)c3CC2C(=O)O)oc1C. The van der Waals surface area contributed by atoms with Crippen molar-refractivity contribution in [2.45, 2.75) is 39.4 Å². The molecule has 2 heterocycles. The molecule has 1 aromatic carbocycles. The maximum Gasteiger partial charge on any atom is 0.321 e. The number of rotatable bonds is 3. The first-order valence-corrected chi connectivity index (χ1v) is 7.11. The van der Waals surface area contributed by atoms with Crippen LogP contribution < -0.4 is 0 Å². The molecule has 6 heteroatoms. The summed E-state index contributed by atoms with van der Waals surface area (Å²) in [5, 5.41) is 9.45. The van der Waals surface area contributed by atoms with Gasteiger partial charge in [-0.05, 0) is 31.0 Å². The average Bonchev–Trinajstić information content (AvgIpc) is 2.76. The maximum absolute atomic E-state index is 13.9. The number of carboxylic acids is 1. The van der Waals surface area contributed by atoms with Crippen molar-refractivity contribution in [2.75, 3.05) is 0 Å². The van der Waals surface area contributed by atoms with Gasteiger partial charge in [0.05, 0.1) is 12.2 Å². The topological polar surface area (TPSA) is 66.6 Å². The Morgan fingerprint density at radius 3 is 2.91 bits per heavy atom. The van der Waals surface area contributed by atoms with Crippen molar-refractivity contribution in [1.82, 2.24) is 9.88 Å². The molecule has 2 aromatic rings. The summed E-state index contributed by atoms with van der Waals surface area (Å²) >= 11 is 0. The number of hydrogen-bond acceptors (Lipinski definition) is 4. The van der Waals surface area contributed by atoms with Crippen LogP contribution in [-0.2, 0) is 24.3 Å². The summed E-state index contributed by atoms with van der Waals surface area (Å²) < 4.78 is 19.4. The third-order valence-electron chi connectivity index (χ3n) is 4.12. The van der Waals surface area contributed by atoms with Gasteiger partial charge in [-0.25, -0.2) is 9.37 Å². The molecule has 0 bridgehead atoms. The summed E-state index contributed by atoms with van der Waals surface area (Å²) in [5.41, 5.74) is 2.11. The quantitative estimate of drug-likeness (QED) is 0.943. The Kier molecular flexibility index (Phi) is 3.70. The molecule has 116 valence electrons. The number of fused-ring (bicyclic) bond motifs is 1. The first-order chi connectivity index (χ1) is 10.5. The predicted octanol–water partition coefficient (Wildman–Crippen LogP) is 2.44. The van der Waals surface area contributed by atoms with E-state index in [1.807, 2.05) is 19.9 Å². The third kappa shape index (κ3) is 2.62. The van der Waals surface area contributed by atoms with Gasteiger partial charge in [-0.1, -0.05) is 12.1 Å². The van der Waals surface area contributed by atoms with Crippen LogP contribution in [0.15, 0.2) is 22.6 Å². The largest absolute Gasteiger partial charge is 0.480 e. The molecule has 1 atom stereocenters. The van der Waals surface area contributed by atoms with Crippen LogP contribution in [0.25, 0.3) is 0 Å². The number of carboxylic acid groups (broad SMARTS) is 1. The zero-order chi connectivity index (χ0) is 15.9. The summed E-state index contributed by atoms with van der Waals surface area (Å²) in [7, 11) is 0. The number of nitrogens with zero attached hydrogens (tertiary/aromatic N) is 2. The number of halogens is 1. The lowest BCUT2D eigenvalue weighted by molar-refractivity contribution is -0.144. The summed E-state index contributed by atoms with van der Waals surface area (Å²) in [6.07, 6.45) is 0.149. The normalized spacial score (nSPS) is 18.2. The minimum atomic E-state index is -0.964. The van der Waals surface area contributed by atoms with Gasteiger partial charge < -0.3 is 9.52 Å². The van der Waals surface area contributed by atoms with Gasteiger partial charge in [0.15, 0.2) is 0 Å². The molecule has 0 saturated heterocycles. The molecule has 22 heavy (non-hydrogen) atoms. The van der Waals surface area contributed by atoms with Crippen molar-refractivity contribution in [3.8, 4) is 0 Å². The van der Waals surface area contributed by atoms with Crippen molar-refractivity contribution >= 4 is 5.97 Å². The first kappa shape index (κ1) is 14.7. The van der Waals surface area contributed by atoms with Crippen LogP contribution in [0.1, 0.15) is 28.5 Å². The van der Waals surface area contributed by atoms with Gasteiger partial charge in [0.25, 0.3) is 0 Å². The number of benzene rings is 1. The standard InChI is InChI=1S/C16H17FN2O3/c1-9-10(2)22-15(18-9)8-19-7-11-4-3-5-13(17)12(11)6-14(19)16(20)21/h3-5,14H,6-8H2,1-2H3,(H,20,21). The van der Waals surface area contributed by atoms with Crippen LogP contribution in [0.5, 0.6) is 0 Å². The highest BCUT2D eigenvalue weighted by Gasteiger charge is 2.33. The molecule has 5 nitrogen and oxygen atoms in total. The Labute approximate surface area is 127 Å². The van der Waals surface area contributed by atoms with Crippen LogP contribution in [0, 0.1) is 19.7 Å². The zero-order valence-electron chi connectivity index (χ0n) is 12.5. The molecule has 0 spiro atoms. The Morgan fingerprint density at radius 1 is 1.50 bits per heavy atom. The van der Waals surface area contributed by atoms with Crippen molar-refractivity contribution in [1.29, 1.82) is 0 Å².